The molecule has 0 aliphatic rings. The lowest BCUT2D eigenvalue weighted by Gasteiger charge is -2.12. The molecule has 1 atom stereocenters. The molecule has 7 nitrogen and oxygen atoms in total. The maximum absolute atomic E-state index is 11.3. The van der Waals surface area contributed by atoms with Crippen LogP contribution in [0.25, 0.3) is 0 Å². The van der Waals surface area contributed by atoms with Gasteiger partial charge in [-0.05, 0) is 17.7 Å². The third-order valence-corrected chi connectivity index (χ3v) is 3.83. The number of rotatable bonds is 9. The zero-order valence-corrected chi connectivity index (χ0v) is 12.6. The Hall–Kier alpha value is -1.48. The molecule has 118 valence electrons. The zero-order valence-electron chi connectivity index (χ0n) is 11.8. The molecule has 0 radical (unpaired) electrons. The van der Waals surface area contributed by atoms with Gasteiger partial charge in [0.2, 0.25) is 5.91 Å². The summed E-state index contributed by atoms with van der Waals surface area (Å²) in [5, 5.41) is 12.9. The third-order valence-electron chi connectivity index (χ3n) is 2.70. The first-order chi connectivity index (χ1) is 9.80. The summed E-state index contributed by atoms with van der Waals surface area (Å²) in [5.74, 6) is -0.527. The van der Waals surface area contributed by atoms with Crippen molar-refractivity contribution >= 4 is 15.7 Å². The fraction of sp³-hybridized carbons (Fsp3) is 0.462. The SMILES string of the molecule is CS(=O)(=O)c1ccc(C(O)CNCCOCC(N)=O)cc1. The van der Waals surface area contributed by atoms with E-state index < -0.39 is 21.8 Å². The lowest BCUT2D eigenvalue weighted by Crippen LogP contribution is -2.27. The van der Waals surface area contributed by atoms with Gasteiger partial charge >= 0.3 is 0 Å². The number of ether oxygens (including phenoxy) is 1. The Kier molecular flexibility index (Phi) is 6.76. The van der Waals surface area contributed by atoms with Gasteiger partial charge in [-0.2, -0.15) is 0 Å². The van der Waals surface area contributed by atoms with Crippen molar-refractivity contribution in [3.05, 3.63) is 29.8 Å². The number of aliphatic hydroxyl groups excluding tert-OH is 1. The van der Waals surface area contributed by atoms with Gasteiger partial charge < -0.3 is 20.9 Å². The van der Waals surface area contributed by atoms with Crippen molar-refractivity contribution in [2.75, 3.05) is 32.6 Å². The summed E-state index contributed by atoms with van der Waals surface area (Å²) < 4.78 is 27.6. The van der Waals surface area contributed by atoms with Gasteiger partial charge in [-0.15, -0.1) is 0 Å². The van der Waals surface area contributed by atoms with Crippen molar-refractivity contribution in [2.45, 2.75) is 11.0 Å². The standard InChI is InChI=1S/C13H20N2O5S/c1-21(18,19)11-4-2-10(3-5-11)12(16)8-15-6-7-20-9-13(14)17/h2-5,12,15-16H,6-9H2,1H3,(H2,14,17). The summed E-state index contributed by atoms with van der Waals surface area (Å²) in [6.07, 6.45) is 0.376. The Morgan fingerprint density at radius 1 is 1.38 bits per heavy atom. The number of amides is 1. The average molecular weight is 316 g/mol. The van der Waals surface area contributed by atoms with E-state index in [-0.39, 0.29) is 18.0 Å². The van der Waals surface area contributed by atoms with Crippen LogP contribution in [-0.4, -0.2) is 52.0 Å². The first-order valence-electron chi connectivity index (χ1n) is 6.35. The highest BCUT2D eigenvalue weighted by Gasteiger charge is 2.10. The molecule has 1 unspecified atom stereocenters. The van der Waals surface area contributed by atoms with E-state index in [0.717, 1.165) is 6.26 Å². The minimum absolute atomic E-state index is 0.128. The molecule has 0 fully saturated rings. The molecular weight excluding hydrogens is 296 g/mol. The molecule has 0 saturated carbocycles. The average Bonchev–Trinajstić information content (AvgIpc) is 2.41. The predicted molar refractivity (Wildman–Crippen MR) is 77.4 cm³/mol. The molecule has 0 bridgehead atoms. The molecule has 1 aromatic rings. The summed E-state index contributed by atoms with van der Waals surface area (Å²) in [5.41, 5.74) is 5.53. The molecular formula is C13H20N2O5S. The monoisotopic (exact) mass is 316 g/mol. The van der Waals surface area contributed by atoms with E-state index in [1.54, 1.807) is 12.1 Å². The second-order valence-electron chi connectivity index (χ2n) is 4.58. The minimum atomic E-state index is -3.23. The van der Waals surface area contributed by atoms with Crippen LogP contribution < -0.4 is 11.1 Å². The topological polar surface area (TPSA) is 119 Å². The number of carbonyl (C=O) groups excluding carboxylic acids is 1. The largest absolute Gasteiger partial charge is 0.387 e. The normalized spacial score (nSPS) is 13.0. The van der Waals surface area contributed by atoms with E-state index in [9.17, 15) is 18.3 Å². The Labute approximate surface area is 124 Å². The molecule has 8 heteroatoms. The van der Waals surface area contributed by atoms with Crippen molar-refractivity contribution < 1.29 is 23.1 Å². The second-order valence-corrected chi connectivity index (χ2v) is 6.60. The molecule has 1 rings (SSSR count). The van der Waals surface area contributed by atoms with E-state index in [0.29, 0.717) is 18.7 Å². The van der Waals surface area contributed by atoms with Crippen LogP contribution in [0.3, 0.4) is 0 Å². The van der Waals surface area contributed by atoms with Gasteiger partial charge in [0, 0.05) is 19.3 Å². The highest BCUT2D eigenvalue weighted by atomic mass is 32.2. The zero-order chi connectivity index (χ0) is 15.9. The smallest absolute Gasteiger partial charge is 0.243 e. The fourth-order valence-electron chi connectivity index (χ4n) is 1.61. The highest BCUT2D eigenvalue weighted by Crippen LogP contribution is 2.15. The maximum Gasteiger partial charge on any atom is 0.243 e. The quantitative estimate of drug-likeness (QED) is 0.514. The Balaban J connectivity index is 2.35. The van der Waals surface area contributed by atoms with Gasteiger partial charge in [-0.25, -0.2) is 8.42 Å². The maximum atomic E-state index is 11.3. The van der Waals surface area contributed by atoms with Crippen LogP contribution >= 0.6 is 0 Å². The Morgan fingerprint density at radius 2 is 2.00 bits per heavy atom. The number of hydrogen-bond acceptors (Lipinski definition) is 6. The number of sulfone groups is 1. The molecule has 0 heterocycles. The van der Waals surface area contributed by atoms with E-state index in [1.165, 1.54) is 12.1 Å². The van der Waals surface area contributed by atoms with Crippen LogP contribution in [0.4, 0.5) is 0 Å². The van der Waals surface area contributed by atoms with E-state index in [4.69, 9.17) is 10.5 Å². The van der Waals surface area contributed by atoms with Crippen LogP contribution in [0.15, 0.2) is 29.2 Å². The summed E-state index contributed by atoms with van der Waals surface area (Å²) in [4.78, 5) is 10.6. The molecule has 0 aliphatic carbocycles. The van der Waals surface area contributed by atoms with E-state index in [2.05, 4.69) is 5.32 Å². The summed E-state index contributed by atoms with van der Waals surface area (Å²) in [6.45, 7) is 0.934. The predicted octanol–water partition coefficient (Wildman–Crippen LogP) is -0.785. The van der Waals surface area contributed by atoms with E-state index in [1.807, 2.05) is 0 Å². The number of hydrogen-bond donors (Lipinski definition) is 3. The summed E-state index contributed by atoms with van der Waals surface area (Å²) in [6, 6.07) is 6.08. The van der Waals surface area contributed by atoms with Crippen molar-refractivity contribution in [3.8, 4) is 0 Å². The minimum Gasteiger partial charge on any atom is -0.387 e. The number of primary amides is 1. The van der Waals surface area contributed by atoms with Crippen LogP contribution in [0.5, 0.6) is 0 Å². The van der Waals surface area contributed by atoms with Crippen LogP contribution in [0.2, 0.25) is 0 Å². The van der Waals surface area contributed by atoms with Crippen LogP contribution in [0.1, 0.15) is 11.7 Å². The second kappa shape index (κ2) is 8.08. The summed E-state index contributed by atoms with van der Waals surface area (Å²) >= 11 is 0. The number of benzene rings is 1. The van der Waals surface area contributed by atoms with Gasteiger partial charge in [-0.1, -0.05) is 12.1 Å². The fourth-order valence-corrected chi connectivity index (χ4v) is 2.24. The number of nitrogens with two attached hydrogens (primary N) is 1. The molecule has 0 aromatic heterocycles. The Morgan fingerprint density at radius 3 is 2.52 bits per heavy atom. The molecule has 1 aromatic carbocycles. The molecule has 0 saturated heterocycles. The first-order valence-corrected chi connectivity index (χ1v) is 8.24. The van der Waals surface area contributed by atoms with Crippen molar-refractivity contribution in [3.63, 3.8) is 0 Å². The molecule has 0 spiro atoms. The van der Waals surface area contributed by atoms with Crippen molar-refractivity contribution in [1.82, 2.24) is 5.32 Å². The molecule has 0 aliphatic heterocycles. The molecule has 4 N–H and O–H groups in total. The molecule has 1 amide bonds. The van der Waals surface area contributed by atoms with Gasteiger partial charge in [0.05, 0.1) is 17.6 Å². The van der Waals surface area contributed by atoms with E-state index >= 15 is 0 Å². The van der Waals surface area contributed by atoms with Gasteiger partial charge in [-0.3, -0.25) is 4.79 Å². The molecule has 21 heavy (non-hydrogen) atoms. The van der Waals surface area contributed by atoms with Gasteiger partial charge in [0.25, 0.3) is 0 Å². The number of aliphatic hydroxyl groups is 1. The van der Waals surface area contributed by atoms with Gasteiger partial charge in [0.15, 0.2) is 9.84 Å². The van der Waals surface area contributed by atoms with Crippen molar-refractivity contribution in [1.29, 1.82) is 0 Å². The number of nitrogens with one attached hydrogen (secondary N) is 1. The van der Waals surface area contributed by atoms with Crippen LogP contribution in [0, 0.1) is 0 Å². The highest BCUT2D eigenvalue weighted by molar-refractivity contribution is 7.90. The van der Waals surface area contributed by atoms with Crippen molar-refractivity contribution in [2.24, 2.45) is 5.73 Å². The van der Waals surface area contributed by atoms with Crippen LogP contribution in [-0.2, 0) is 19.4 Å². The van der Waals surface area contributed by atoms with Gasteiger partial charge in [0.1, 0.15) is 6.61 Å². The third kappa shape index (κ3) is 6.67. The lowest BCUT2D eigenvalue weighted by atomic mass is 10.1. The lowest BCUT2D eigenvalue weighted by molar-refractivity contribution is -0.122. The summed E-state index contributed by atoms with van der Waals surface area (Å²) in [7, 11) is -3.23. The Bertz CT molecular complexity index is 556. The first kappa shape index (κ1) is 17.6. The number of carbonyl (C=O) groups is 1.